The molecule has 1 aromatic rings. The summed E-state index contributed by atoms with van der Waals surface area (Å²) in [5.74, 6) is 1.81. The molecule has 0 radical (unpaired) electrons. The van der Waals surface area contributed by atoms with Crippen LogP contribution in [0.25, 0.3) is 0 Å². The zero-order valence-corrected chi connectivity index (χ0v) is 11.5. The molecule has 1 aromatic heterocycles. The monoisotopic (exact) mass is 261 g/mol. The van der Waals surface area contributed by atoms with Crippen LogP contribution >= 0.6 is 0 Å². The van der Waals surface area contributed by atoms with Gasteiger partial charge in [-0.15, -0.1) is 0 Å². The minimum Gasteiger partial charge on any atom is -0.381 e. The van der Waals surface area contributed by atoms with Crippen LogP contribution in [0.1, 0.15) is 43.4 Å². The highest BCUT2D eigenvalue weighted by molar-refractivity contribution is 5.46. The summed E-state index contributed by atoms with van der Waals surface area (Å²) in [6.45, 7) is 2.84. The zero-order chi connectivity index (χ0) is 12.9. The molecule has 1 aliphatic heterocycles. The summed E-state index contributed by atoms with van der Waals surface area (Å²) in [7, 11) is 0. The zero-order valence-electron chi connectivity index (χ0n) is 11.5. The molecular weight excluding hydrogens is 238 g/mol. The van der Waals surface area contributed by atoms with E-state index in [1.165, 1.54) is 43.4 Å². The highest BCUT2D eigenvalue weighted by Crippen LogP contribution is 2.24. The van der Waals surface area contributed by atoms with E-state index in [0.717, 1.165) is 44.3 Å². The van der Waals surface area contributed by atoms with Crippen molar-refractivity contribution in [2.45, 2.75) is 44.9 Å². The van der Waals surface area contributed by atoms with Gasteiger partial charge in [-0.2, -0.15) is 0 Å². The molecule has 0 bridgehead atoms. The van der Waals surface area contributed by atoms with Gasteiger partial charge in [0, 0.05) is 31.0 Å². The molecular formula is C15H23N3O. The van der Waals surface area contributed by atoms with Gasteiger partial charge in [0.1, 0.15) is 12.1 Å². The van der Waals surface area contributed by atoms with E-state index in [1.807, 2.05) is 0 Å². The van der Waals surface area contributed by atoms with E-state index in [1.54, 1.807) is 6.33 Å². The molecule has 2 aliphatic rings. The van der Waals surface area contributed by atoms with Crippen molar-refractivity contribution in [2.24, 2.45) is 5.92 Å². The summed E-state index contributed by atoms with van der Waals surface area (Å²) >= 11 is 0. The highest BCUT2D eigenvalue weighted by atomic mass is 16.5. The van der Waals surface area contributed by atoms with Crippen LogP contribution in [0.4, 0.5) is 5.82 Å². The first kappa shape index (κ1) is 12.9. The van der Waals surface area contributed by atoms with Crippen molar-refractivity contribution in [3.05, 3.63) is 17.6 Å². The van der Waals surface area contributed by atoms with Gasteiger partial charge >= 0.3 is 0 Å². The summed E-state index contributed by atoms with van der Waals surface area (Å²) < 4.78 is 5.41. The summed E-state index contributed by atoms with van der Waals surface area (Å²) in [5.41, 5.74) is 2.63. The van der Waals surface area contributed by atoms with Gasteiger partial charge in [-0.25, -0.2) is 9.97 Å². The van der Waals surface area contributed by atoms with Crippen LogP contribution in [-0.4, -0.2) is 29.7 Å². The quantitative estimate of drug-likeness (QED) is 0.850. The Morgan fingerprint density at radius 3 is 2.84 bits per heavy atom. The van der Waals surface area contributed by atoms with Crippen molar-refractivity contribution >= 4 is 5.82 Å². The smallest absolute Gasteiger partial charge is 0.132 e. The second kappa shape index (κ2) is 6.33. The molecule has 0 aromatic carbocycles. The van der Waals surface area contributed by atoms with Gasteiger partial charge in [0.15, 0.2) is 0 Å². The van der Waals surface area contributed by atoms with E-state index in [-0.39, 0.29) is 0 Å². The summed E-state index contributed by atoms with van der Waals surface area (Å²) in [5, 5.41) is 3.56. The third-order valence-corrected chi connectivity index (χ3v) is 4.27. The number of nitrogens with zero attached hydrogens (tertiary/aromatic N) is 2. The van der Waals surface area contributed by atoms with Gasteiger partial charge in [-0.1, -0.05) is 6.42 Å². The largest absolute Gasteiger partial charge is 0.381 e. The molecule has 1 fully saturated rings. The second-order valence-electron chi connectivity index (χ2n) is 5.64. The first-order valence-corrected chi connectivity index (χ1v) is 7.58. The Bertz CT molecular complexity index is 416. The molecule has 4 heteroatoms. The highest BCUT2D eigenvalue weighted by Gasteiger charge is 2.17. The molecule has 0 saturated carbocycles. The van der Waals surface area contributed by atoms with Gasteiger partial charge in [-0.3, -0.25) is 0 Å². The standard InChI is InChI=1S/C15H23N3O/c1-2-4-13-14(5-3-1)17-11-18-15(13)16-10-12-6-8-19-9-7-12/h11-12H,1-10H2,(H,16,17,18). The van der Waals surface area contributed by atoms with Crippen molar-refractivity contribution in [3.8, 4) is 0 Å². The lowest BCUT2D eigenvalue weighted by Crippen LogP contribution is -2.23. The number of hydrogen-bond donors (Lipinski definition) is 1. The van der Waals surface area contributed by atoms with Gasteiger partial charge in [0.25, 0.3) is 0 Å². The molecule has 0 spiro atoms. The Morgan fingerprint density at radius 2 is 1.95 bits per heavy atom. The van der Waals surface area contributed by atoms with Crippen molar-refractivity contribution < 1.29 is 4.74 Å². The minimum absolute atomic E-state index is 0.727. The van der Waals surface area contributed by atoms with Crippen LogP contribution in [0, 0.1) is 5.92 Å². The predicted octanol–water partition coefficient (Wildman–Crippen LogP) is 2.58. The SMILES string of the molecule is c1nc2c(c(NCC3CCOCC3)n1)CCCCC2. The number of ether oxygens (including phenoxy) is 1. The lowest BCUT2D eigenvalue weighted by atomic mass is 10.0. The molecule has 0 amide bonds. The molecule has 1 N–H and O–H groups in total. The van der Waals surface area contributed by atoms with E-state index in [0.29, 0.717) is 0 Å². The van der Waals surface area contributed by atoms with Crippen LogP contribution in [0.15, 0.2) is 6.33 Å². The second-order valence-corrected chi connectivity index (χ2v) is 5.64. The van der Waals surface area contributed by atoms with E-state index in [4.69, 9.17) is 4.74 Å². The lowest BCUT2D eigenvalue weighted by Gasteiger charge is -2.23. The van der Waals surface area contributed by atoms with Crippen LogP contribution in [0.5, 0.6) is 0 Å². The normalized spacial score (nSPS) is 20.6. The number of aromatic nitrogens is 2. The predicted molar refractivity (Wildman–Crippen MR) is 75.3 cm³/mol. The average Bonchev–Trinajstić information content (AvgIpc) is 2.72. The molecule has 0 atom stereocenters. The average molecular weight is 261 g/mol. The van der Waals surface area contributed by atoms with Gasteiger partial charge < -0.3 is 10.1 Å². The molecule has 4 nitrogen and oxygen atoms in total. The van der Waals surface area contributed by atoms with E-state index < -0.39 is 0 Å². The summed E-state index contributed by atoms with van der Waals surface area (Å²) in [4.78, 5) is 8.93. The number of aryl methyl sites for hydroxylation is 1. The third kappa shape index (κ3) is 3.24. The molecule has 19 heavy (non-hydrogen) atoms. The van der Waals surface area contributed by atoms with Crippen molar-refractivity contribution in [2.75, 3.05) is 25.1 Å². The summed E-state index contributed by atoms with van der Waals surface area (Å²) in [6, 6.07) is 0. The van der Waals surface area contributed by atoms with Crippen molar-refractivity contribution in [1.29, 1.82) is 0 Å². The van der Waals surface area contributed by atoms with Crippen LogP contribution in [-0.2, 0) is 17.6 Å². The van der Waals surface area contributed by atoms with Crippen molar-refractivity contribution in [1.82, 2.24) is 9.97 Å². The number of fused-ring (bicyclic) bond motifs is 1. The molecule has 1 aliphatic carbocycles. The molecule has 0 unspecified atom stereocenters. The molecule has 2 heterocycles. The van der Waals surface area contributed by atoms with E-state index in [2.05, 4.69) is 15.3 Å². The molecule has 104 valence electrons. The fourth-order valence-electron chi connectivity index (χ4n) is 3.04. The maximum atomic E-state index is 5.41. The molecule has 3 rings (SSSR count). The van der Waals surface area contributed by atoms with Gasteiger partial charge in [0.05, 0.1) is 0 Å². The van der Waals surface area contributed by atoms with Crippen LogP contribution < -0.4 is 5.32 Å². The number of hydrogen-bond acceptors (Lipinski definition) is 4. The Morgan fingerprint density at radius 1 is 1.11 bits per heavy atom. The fraction of sp³-hybridized carbons (Fsp3) is 0.733. The van der Waals surface area contributed by atoms with Crippen LogP contribution in [0.2, 0.25) is 0 Å². The first-order chi connectivity index (χ1) is 9.43. The Balaban J connectivity index is 1.66. The Kier molecular flexibility index (Phi) is 4.28. The van der Waals surface area contributed by atoms with Crippen LogP contribution in [0.3, 0.4) is 0 Å². The van der Waals surface area contributed by atoms with Gasteiger partial charge in [0.2, 0.25) is 0 Å². The Hall–Kier alpha value is -1.16. The maximum absolute atomic E-state index is 5.41. The van der Waals surface area contributed by atoms with Gasteiger partial charge in [-0.05, 0) is 44.4 Å². The minimum atomic E-state index is 0.727. The van der Waals surface area contributed by atoms with Crippen molar-refractivity contribution in [3.63, 3.8) is 0 Å². The number of anilines is 1. The number of nitrogens with one attached hydrogen (secondary N) is 1. The maximum Gasteiger partial charge on any atom is 0.132 e. The fourth-order valence-corrected chi connectivity index (χ4v) is 3.04. The summed E-state index contributed by atoms with van der Waals surface area (Å²) in [6.07, 6.45) is 10.2. The topological polar surface area (TPSA) is 47.0 Å². The lowest BCUT2D eigenvalue weighted by molar-refractivity contribution is 0.0699. The van der Waals surface area contributed by atoms with E-state index in [9.17, 15) is 0 Å². The van der Waals surface area contributed by atoms with E-state index >= 15 is 0 Å². The Labute approximate surface area is 115 Å². The molecule has 1 saturated heterocycles. The number of rotatable bonds is 3. The third-order valence-electron chi connectivity index (χ3n) is 4.27. The first-order valence-electron chi connectivity index (χ1n) is 7.58.